The summed E-state index contributed by atoms with van der Waals surface area (Å²) < 4.78 is 0. The first-order chi connectivity index (χ1) is 3.72. The van der Waals surface area contributed by atoms with Gasteiger partial charge in [-0.05, 0) is 20.3 Å². The Hall–Kier alpha value is 0.697. The molecule has 0 amide bonds. The summed E-state index contributed by atoms with van der Waals surface area (Å²) in [6.45, 7) is 4.44. The zero-order valence-corrected chi connectivity index (χ0v) is 10.8. The van der Waals surface area contributed by atoms with Crippen LogP contribution < -0.4 is 0 Å². The van der Waals surface area contributed by atoms with E-state index in [2.05, 4.69) is 19.9 Å². The van der Waals surface area contributed by atoms with Crippen molar-refractivity contribution in [1.29, 1.82) is 0 Å². The minimum Gasteiger partial charge on any atom is -0.0777 e. The van der Waals surface area contributed by atoms with E-state index in [1.807, 2.05) is 0 Å². The quantitative estimate of drug-likeness (QED) is 0.440. The molecule has 0 fully saturated rings. The molecule has 0 spiro atoms. The normalized spacial score (nSPS) is 17.8. The Balaban J connectivity index is 0.000000640. The zero-order chi connectivity index (χ0) is 6.15. The van der Waals surface area contributed by atoms with E-state index in [-0.39, 0.29) is 29.6 Å². The Bertz CT molecular complexity index is 162. The average Bonchev–Trinajstić information content (AvgIpc) is 1.98. The van der Waals surface area contributed by atoms with Crippen molar-refractivity contribution in [2.75, 3.05) is 0 Å². The summed E-state index contributed by atoms with van der Waals surface area (Å²) in [6, 6.07) is 0. The van der Waals surface area contributed by atoms with Crippen molar-refractivity contribution in [2.45, 2.75) is 20.3 Å². The van der Waals surface area contributed by atoms with E-state index in [1.165, 1.54) is 22.2 Å². The average molecular weight is 147 g/mol. The molecule has 1 aliphatic rings. The van der Waals surface area contributed by atoms with E-state index < -0.39 is 0 Å². The molecule has 1 aliphatic carbocycles. The van der Waals surface area contributed by atoms with E-state index in [0.717, 1.165) is 0 Å². The third-order valence-electron chi connectivity index (χ3n) is 1.95. The van der Waals surface area contributed by atoms with Crippen LogP contribution in [0.5, 0.6) is 0 Å². The molecule has 0 aromatic carbocycles. The summed E-state index contributed by atoms with van der Waals surface area (Å²) in [4.78, 5) is 0. The van der Waals surface area contributed by atoms with Crippen LogP contribution in [0.15, 0.2) is 22.4 Å². The summed E-state index contributed by atoms with van der Waals surface area (Å²) in [6.07, 6.45) is 3.53. The molecule has 45 valence electrons. The fourth-order valence-corrected chi connectivity index (χ4v) is 1.36. The minimum absolute atomic E-state index is 0. The molecule has 0 saturated heterocycles. The van der Waals surface area contributed by atoms with Gasteiger partial charge in [0, 0.05) is 39.8 Å². The third-order valence-corrected chi connectivity index (χ3v) is 3.59. The van der Waals surface area contributed by atoms with E-state index in [0.29, 0.717) is 0 Å². The van der Waals surface area contributed by atoms with Crippen LogP contribution in [0.25, 0.3) is 0 Å². The molecular formula is C7H12NaSi. The van der Waals surface area contributed by atoms with Gasteiger partial charge in [-0.25, -0.2) is 0 Å². The molecule has 0 atom stereocenters. The fourth-order valence-electron chi connectivity index (χ4n) is 0.949. The largest absolute Gasteiger partial charge is 0.0777 e. The second kappa shape index (κ2) is 3.77. The molecule has 0 aromatic rings. The summed E-state index contributed by atoms with van der Waals surface area (Å²) in [7, 11) is 1.23. The molecular weight excluding hydrogens is 135 g/mol. The third kappa shape index (κ3) is 2.08. The molecule has 0 aromatic heterocycles. The number of hydrogen-bond donors (Lipinski definition) is 0. The number of allylic oxidation sites excluding steroid dienone is 4. The Morgan fingerprint density at radius 2 is 2.00 bits per heavy atom. The van der Waals surface area contributed by atoms with Gasteiger partial charge in [0.25, 0.3) is 0 Å². The standard InChI is InChI=1S/C7H12Si.Na/c1-5-3-4-6(2)7(5)8;/h3H,4H2,1-2,8H3;. The molecule has 0 heterocycles. The first kappa shape index (κ1) is 9.70. The first-order valence-corrected chi connectivity index (χ1v) is 4.05. The fraction of sp³-hybridized carbons (Fsp3) is 0.429. The maximum absolute atomic E-state index is 2.32. The van der Waals surface area contributed by atoms with Gasteiger partial charge in [-0.2, -0.15) is 0 Å². The van der Waals surface area contributed by atoms with Crippen molar-refractivity contribution >= 4 is 39.8 Å². The van der Waals surface area contributed by atoms with Gasteiger partial charge in [0.05, 0.1) is 0 Å². The second-order valence-corrected chi connectivity index (χ2v) is 3.50. The second-order valence-electron chi connectivity index (χ2n) is 2.50. The van der Waals surface area contributed by atoms with E-state index in [1.54, 1.807) is 10.8 Å². The topological polar surface area (TPSA) is 0 Å². The van der Waals surface area contributed by atoms with Crippen LogP contribution in [-0.2, 0) is 0 Å². The van der Waals surface area contributed by atoms with Crippen molar-refractivity contribution in [3.63, 3.8) is 0 Å². The smallest absolute Gasteiger partial charge is 0.0387 e. The summed E-state index contributed by atoms with van der Waals surface area (Å²) in [5.41, 5.74) is 3.11. The van der Waals surface area contributed by atoms with Crippen LogP contribution in [0.4, 0.5) is 0 Å². The Labute approximate surface area is 82.1 Å². The molecule has 0 saturated carbocycles. The molecule has 0 unspecified atom stereocenters. The van der Waals surface area contributed by atoms with Crippen LogP contribution in [0.2, 0.25) is 0 Å². The minimum atomic E-state index is 0. The maximum Gasteiger partial charge on any atom is 0.0387 e. The summed E-state index contributed by atoms with van der Waals surface area (Å²) in [5.74, 6) is 0. The Morgan fingerprint density at radius 3 is 2.11 bits per heavy atom. The molecule has 0 aliphatic heterocycles. The monoisotopic (exact) mass is 147 g/mol. The SMILES string of the molecule is CC1=CCC(C)=C1[SiH3].[Na]. The van der Waals surface area contributed by atoms with Crippen molar-refractivity contribution < 1.29 is 0 Å². The first-order valence-electron chi connectivity index (χ1n) is 3.05. The number of rotatable bonds is 0. The maximum atomic E-state index is 2.32. The van der Waals surface area contributed by atoms with Crippen molar-refractivity contribution in [3.8, 4) is 0 Å². The summed E-state index contributed by atoms with van der Waals surface area (Å²) >= 11 is 0. The Morgan fingerprint density at radius 1 is 1.44 bits per heavy atom. The van der Waals surface area contributed by atoms with Crippen LogP contribution >= 0.6 is 0 Å². The van der Waals surface area contributed by atoms with Crippen LogP contribution in [-0.4, -0.2) is 39.8 Å². The van der Waals surface area contributed by atoms with Gasteiger partial charge in [-0.1, -0.05) is 22.4 Å². The van der Waals surface area contributed by atoms with Gasteiger partial charge < -0.3 is 0 Å². The molecule has 0 nitrogen and oxygen atoms in total. The van der Waals surface area contributed by atoms with Gasteiger partial charge in [0.2, 0.25) is 0 Å². The molecule has 0 N–H and O–H groups in total. The Kier molecular flexibility index (Phi) is 4.06. The molecule has 0 bridgehead atoms. The van der Waals surface area contributed by atoms with Crippen LogP contribution in [0.3, 0.4) is 0 Å². The van der Waals surface area contributed by atoms with Crippen molar-refractivity contribution in [1.82, 2.24) is 0 Å². The molecule has 1 radical (unpaired) electrons. The summed E-state index contributed by atoms with van der Waals surface area (Å²) in [5, 5.41) is 1.63. The van der Waals surface area contributed by atoms with Crippen molar-refractivity contribution in [2.24, 2.45) is 0 Å². The van der Waals surface area contributed by atoms with Gasteiger partial charge in [0.1, 0.15) is 0 Å². The van der Waals surface area contributed by atoms with Crippen LogP contribution in [0, 0.1) is 0 Å². The molecule has 2 heteroatoms. The predicted octanol–water partition coefficient (Wildman–Crippen LogP) is 0.595. The van der Waals surface area contributed by atoms with E-state index >= 15 is 0 Å². The van der Waals surface area contributed by atoms with E-state index in [9.17, 15) is 0 Å². The predicted molar refractivity (Wildman–Crippen MR) is 46.8 cm³/mol. The van der Waals surface area contributed by atoms with Crippen LogP contribution in [0.1, 0.15) is 20.3 Å². The van der Waals surface area contributed by atoms with Gasteiger partial charge >= 0.3 is 0 Å². The van der Waals surface area contributed by atoms with Gasteiger partial charge in [-0.3, -0.25) is 0 Å². The van der Waals surface area contributed by atoms with Gasteiger partial charge in [-0.15, -0.1) is 0 Å². The van der Waals surface area contributed by atoms with E-state index in [4.69, 9.17) is 0 Å². The van der Waals surface area contributed by atoms with Crippen molar-refractivity contribution in [3.05, 3.63) is 22.4 Å². The molecule has 9 heavy (non-hydrogen) atoms. The number of hydrogen-bond acceptors (Lipinski definition) is 0. The zero-order valence-electron chi connectivity index (χ0n) is 6.78. The van der Waals surface area contributed by atoms with Gasteiger partial charge in [0.15, 0.2) is 0 Å². The molecule has 1 rings (SSSR count).